The van der Waals surface area contributed by atoms with Gasteiger partial charge in [0.05, 0.1) is 11.3 Å². The minimum atomic E-state index is -0.371. The molecule has 7 heteroatoms. The van der Waals surface area contributed by atoms with Crippen LogP contribution in [0.4, 0.5) is 10.1 Å². The molecule has 1 amide bonds. The highest BCUT2D eigenvalue weighted by atomic mass is 32.2. The van der Waals surface area contributed by atoms with Crippen LogP contribution >= 0.6 is 11.8 Å². The van der Waals surface area contributed by atoms with E-state index < -0.39 is 0 Å². The second-order valence-corrected chi connectivity index (χ2v) is 7.23. The molecule has 28 heavy (non-hydrogen) atoms. The number of carbonyl (C=O) groups excluding carboxylic acids is 1. The van der Waals surface area contributed by atoms with E-state index in [1.54, 1.807) is 28.8 Å². The minimum absolute atomic E-state index is 0.136. The van der Waals surface area contributed by atoms with Crippen molar-refractivity contribution < 1.29 is 9.18 Å². The fraction of sp³-hybridized carbons (Fsp3) is 0.190. The highest BCUT2D eigenvalue weighted by molar-refractivity contribution is 7.99. The molecule has 2 aromatic carbocycles. The molecule has 0 aliphatic heterocycles. The maximum Gasteiger partial charge on any atom is 0.234 e. The number of aryl methyl sites for hydroxylation is 2. The number of carbonyl (C=O) groups is 1. The number of halogens is 1. The normalized spacial score (nSPS) is 10.7. The SMILES string of the molecule is C=CCn1c(SCC(=O)Nc2c(C)cccc2C)nnc1-c1ccccc1F. The van der Waals surface area contributed by atoms with Crippen LogP contribution in [-0.4, -0.2) is 26.4 Å². The lowest BCUT2D eigenvalue weighted by Crippen LogP contribution is -2.16. The molecule has 0 bridgehead atoms. The van der Waals surface area contributed by atoms with Gasteiger partial charge >= 0.3 is 0 Å². The number of allylic oxidation sites excluding steroid dienone is 1. The van der Waals surface area contributed by atoms with Crippen LogP contribution in [0.15, 0.2) is 60.3 Å². The van der Waals surface area contributed by atoms with Crippen molar-refractivity contribution in [2.45, 2.75) is 25.5 Å². The van der Waals surface area contributed by atoms with E-state index in [0.717, 1.165) is 16.8 Å². The summed E-state index contributed by atoms with van der Waals surface area (Å²) in [4.78, 5) is 12.4. The van der Waals surface area contributed by atoms with Crippen molar-refractivity contribution in [2.24, 2.45) is 0 Å². The lowest BCUT2D eigenvalue weighted by Gasteiger charge is -2.11. The van der Waals surface area contributed by atoms with Crippen LogP contribution in [0.3, 0.4) is 0 Å². The number of hydrogen-bond acceptors (Lipinski definition) is 4. The van der Waals surface area contributed by atoms with E-state index in [-0.39, 0.29) is 17.5 Å². The monoisotopic (exact) mass is 396 g/mol. The van der Waals surface area contributed by atoms with Gasteiger partial charge in [-0.05, 0) is 37.1 Å². The quantitative estimate of drug-likeness (QED) is 0.468. The van der Waals surface area contributed by atoms with Crippen LogP contribution in [0.2, 0.25) is 0 Å². The average molecular weight is 396 g/mol. The smallest absolute Gasteiger partial charge is 0.234 e. The Labute approximate surface area is 167 Å². The van der Waals surface area contributed by atoms with Crippen molar-refractivity contribution >= 4 is 23.4 Å². The molecule has 0 radical (unpaired) electrons. The molecule has 1 heterocycles. The Kier molecular flexibility index (Phi) is 6.26. The zero-order valence-electron chi connectivity index (χ0n) is 15.8. The molecule has 1 N–H and O–H groups in total. The first-order valence-electron chi connectivity index (χ1n) is 8.79. The summed E-state index contributed by atoms with van der Waals surface area (Å²) < 4.78 is 15.9. The Bertz CT molecular complexity index is 995. The van der Waals surface area contributed by atoms with Gasteiger partial charge in [-0.25, -0.2) is 4.39 Å². The van der Waals surface area contributed by atoms with Gasteiger partial charge in [0.1, 0.15) is 5.82 Å². The number of rotatable bonds is 7. The molecule has 1 aromatic heterocycles. The fourth-order valence-electron chi connectivity index (χ4n) is 2.85. The van der Waals surface area contributed by atoms with Gasteiger partial charge in [-0.1, -0.05) is 48.2 Å². The van der Waals surface area contributed by atoms with E-state index in [2.05, 4.69) is 22.1 Å². The van der Waals surface area contributed by atoms with Crippen LogP contribution in [0, 0.1) is 19.7 Å². The number of benzene rings is 2. The molecule has 3 aromatic rings. The summed E-state index contributed by atoms with van der Waals surface area (Å²) in [5, 5.41) is 11.8. The molecule has 0 spiro atoms. The highest BCUT2D eigenvalue weighted by Gasteiger charge is 2.17. The van der Waals surface area contributed by atoms with E-state index in [1.807, 2.05) is 32.0 Å². The number of nitrogens with one attached hydrogen (secondary N) is 1. The fourth-order valence-corrected chi connectivity index (χ4v) is 3.60. The molecule has 0 aliphatic carbocycles. The highest BCUT2D eigenvalue weighted by Crippen LogP contribution is 2.26. The third-order valence-electron chi connectivity index (χ3n) is 4.22. The molecule has 0 atom stereocenters. The van der Waals surface area contributed by atoms with Gasteiger partial charge in [-0.2, -0.15) is 0 Å². The third-order valence-corrected chi connectivity index (χ3v) is 5.19. The van der Waals surface area contributed by atoms with Crippen molar-refractivity contribution in [3.63, 3.8) is 0 Å². The van der Waals surface area contributed by atoms with Gasteiger partial charge in [-0.15, -0.1) is 16.8 Å². The summed E-state index contributed by atoms with van der Waals surface area (Å²) in [7, 11) is 0. The zero-order chi connectivity index (χ0) is 20.1. The van der Waals surface area contributed by atoms with Crippen LogP contribution in [0.25, 0.3) is 11.4 Å². The van der Waals surface area contributed by atoms with Gasteiger partial charge < -0.3 is 5.32 Å². The molecular formula is C21H21FN4OS. The average Bonchev–Trinajstić information content (AvgIpc) is 3.06. The van der Waals surface area contributed by atoms with Crippen molar-refractivity contribution in [3.05, 3.63) is 72.1 Å². The molecular weight excluding hydrogens is 375 g/mol. The first kappa shape index (κ1) is 19.8. The van der Waals surface area contributed by atoms with Crippen molar-refractivity contribution in [2.75, 3.05) is 11.1 Å². The Morgan fingerprint density at radius 3 is 2.57 bits per heavy atom. The second-order valence-electron chi connectivity index (χ2n) is 6.29. The number of para-hydroxylation sites is 1. The van der Waals surface area contributed by atoms with Gasteiger partial charge in [0, 0.05) is 12.2 Å². The Morgan fingerprint density at radius 1 is 1.18 bits per heavy atom. The topological polar surface area (TPSA) is 59.8 Å². The van der Waals surface area contributed by atoms with Crippen LogP contribution in [0.5, 0.6) is 0 Å². The number of thioether (sulfide) groups is 1. The van der Waals surface area contributed by atoms with E-state index in [4.69, 9.17) is 0 Å². The summed E-state index contributed by atoms with van der Waals surface area (Å²) >= 11 is 1.25. The lowest BCUT2D eigenvalue weighted by atomic mass is 10.1. The molecule has 0 saturated carbocycles. The van der Waals surface area contributed by atoms with Crippen LogP contribution < -0.4 is 5.32 Å². The lowest BCUT2D eigenvalue weighted by molar-refractivity contribution is -0.113. The first-order valence-corrected chi connectivity index (χ1v) is 9.77. The molecule has 3 rings (SSSR count). The summed E-state index contributed by atoms with van der Waals surface area (Å²) in [5.41, 5.74) is 3.21. The summed E-state index contributed by atoms with van der Waals surface area (Å²) in [6.45, 7) is 8.07. The van der Waals surface area contributed by atoms with E-state index in [1.165, 1.54) is 17.8 Å². The third kappa shape index (κ3) is 4.31. The maximum atomic E-state index is 14.2. The van der Waals surface area contributed by atoms with Gasteiger partial charge in [0.15, 0.2) is 11.0 Å². The number of amides is 1. The van der Waals surface area contributed by atoms with Gasteiger partial charge in [-0.3, -0.25) is 9.36 Å². The molecule has 144 valence electrons. The summed E-state index contributed by atoms with van der Waals surface area (Å²) in [5.74, 6) is 0.0727. The standard InChI is InChI=1S/C21H21FN4OS/c1-4-12-26-20(16-10-5-6-11-17(16)22)24-25-21(26)28-13-18(27)23-19-14(2)8-7-9-15(19)3/h4-11H,1,12-13H2,2-3H3,(H,23,27). The van der Waals surface area contributed by atoms with Crippen molar-refractivity contribution in [1.82, 2.24) is 14.8 Å². The Balaban J connectivity index is 1.77. The maximum absolute atomic E-state index is 14.2. The van der Waals surface area contributed by atoms with Crippen molar-refractivity contribution in [1.29, 1.82) is 0 Å². The first-order chi connectivity index (χ1) is 13.5. The Morgan fingerprint density at radius 2 is 1.89 bits per heavy atom. The Hall–Kier alpha value is -2.93. The number of nitrogens with zero attached hydrogens (tertiary/aromatic N) is 3. The predicted molar refractivity (Wildman–Crippen MR) is 111 cm³/mol. The zero-order valence-corrected chi connectivity index (χ0v) is 16.6. The molecule has 0 saturated heterocycles. The van der Waals surface area contributed by atoms with Gasteiger partial charge in [0.25, 0.3) is 0 Å². The number of hydrogen-bond donors (Lipinski definition) is 1. The minimum Gasteiger partial charge on any atom is -0.325 e. The summed E-state index contributed by atoms with van der Waals surface area (Å²) in [6, 6.07) is 12.3. The second kappa shape index (κ2) is 8.84. The number of anilines is 1. The summed E-state index contributed by atoms with van der Waals surface area (Å²) in [6.07, 6.45) is 1.69. The van der Waals surface area contributed by atoms with Crippen LogP contribution in [0.1, 0.15) is 11.1 Å². The predicted octanol–water partition coefficient (Wildman–Crippen LogP) is 4.62. The molecule has 0 fully saturated rings. The number of aromatic nitrogens is 3. The molecule has 0 unspecified atom stereocenters. The molecule has 0 aliphatic rings. The molecule has 5 nitrogen and oxygen atoms in total. The largest absolute Gasteiger partial charge is 0.325 e. The van der Waals surface area contributed by atoms with E-state index >= 15 is 0 Å². The van der Waals surface area contributed by atoms with E-state index in [9.17, 15) is 9.18 Å². The van der Waals surface area contributed by atoms with Crippen LogP contribution in [-0.2, 0) is 11.3 Å². The van der Waals surface area contributed by atoms with Gasteiger partial charge in [0.2, 0.25) is 5.91 Å². The van der Waals surface area contributed by atoms with E-state index in [0.29, 0.717) is 23.1 Å². The van der Waals surface area contributed by atoms with Crippen molar-refractivity contribution in [3.8, 4) is 11.4 Å².